The minimum Gasteiger partial charge on any atom is -0.466 e. The van der Waals surface area contributed by atoms with E-state index >= 15 is 0 Å². The van der Waals surface area contributed by atoms with Crippen LogP contribution < -0.4 is 0 Å². The molecule has 0 radical (unpaired) electrons. The SMILES string of the molecule is CCc1ccc(CCCCO)o1. The molecule has 0 aromatic carbocycles. The van der Waals surface area contributed by atoms with Crippen LogP contribution >= 0.6 is 0 Å². The predicted molar refractivity (Wildman–Crippen MR) is 48.1 cm³/mol. The largest absolute Gasteiger partial charge is 0.466 e. The highest BCUT2D eigenvalue weighted by Gasteiger charge is 1.99. The van der Waals surface area contributed by atoms with Gasteiger partial charge in [0.1, 0.15) is 11.5 Å². The molecule has 0 saturated carbocycles. The Balaban J connectivity index is 2.31. The zero-order valence-electron chi connectivity index (χ0n) is 7.55. The summed E-state index contributed by atoms with van der Waals surface area (Å²) in [5, 5.41) is 8.57. The number of hydrogen-bond donors (Lipinski definition) is 1. The molecule has 0 aliphatic carbocycles. The molecular weight excluding hydrogens is 152 g/mol. The molecule has 0 atom stereocenters. The molecular formula is C10H16O2. The average Bonchev–Trinajstić information content (AvgIpc) is 2.53. The van der Waals surface area contributed by atoms with E-state index in [4.69, 9.17) is 9.52 Å². The first kappa shape index (κ1) is 9.33. The van der Waals surface area contributed by atoms with Gasteiger partial charge in [-0.15, -0.1) is 0 Å². The van der Waals surface area contributed by atoms with E-state index in [0.29, 0.717) is 0 Å². The summed E-state index contributed by atoms with van der Waals surface area (Å²) in [5.41, 5.74) is 0. The molecule has 2 heteroatoms. The number of furan rings is 1. The van der Waals surface area contributed by atoms with Gasteiger partial charge in [0.2, 0.25) is 0 Å². The molecule has 0 bridgehead atoms. The van der Waals surface area contributed by atoms with Crippen LogP contribution in [0.2, 0.25) is 0 Å². The van der Waals surface area contributed by atoms with Gasteiger partial charge in [0.25, 0.3) is 0 Å². The van der Waals surface area contributed by atoms with Gasteiger partial charge in [0.05, 0.1) is 0 Å². The first-order chi connectivity index (χ1) is 5.86. The van der Waals surface area contributed by atoms with E-state index in [0.717, 1.165) is 37.2 Å². The minimum atomic E-state index is 0.279. The predicted octanol–water partition coefficient (Wildman–Crippen LogP) is 2.16. The van der Waals surface area contributed by atoms with E-state index in [-0.39, 0.29) is 6.61 Å². The van der Waals surface area contributed by atoms with Crippen molar-refractivity contribution in [1.29, 1.82) is 0 Å². The number of unbranched alkanes of at least 4 members (excludes halogenated alkanes) is 1. The van der Waals surface area contributed by atoms with Gasteiger partial charge in [0.15, 0.2) is 0 Å². The second-order valence-electron chi connectivity index (χ2n) is 2.90. The van der Waals surface area contributed by atoms with E-state index < -0.39 is 0 Å². The Hall–Kier alpha value is -0.760. The molecule has 1 heterocycles. The molecule has 2 nitrogen and oxygen atoms in total. The lowest BCUT2D eigenvalue weighted by Crippen LogP contribution is -1.86. The number of aliphatic hydroxyl groups is 1. The van der Waals surface area contributed by atoms with E-state index in [9.17, 15) is 0 Å². The normalized spacial score (nSPS) is 10.5. The first-order valence-electron chi connectivity index (χ1n) is 4.55. The molecule has 1 aromatic heterocycles. The van der Waals surface area contributed by atoms with Crippen LogP contribution in [0.25, 0.3) is 0 Å². The van der Waals surface area contributed by atoms with Gasteiger partial charge in [0, 0.05) is 19.4 Å². The van der Waals surface area contributed by atoms with Crippen LogP contribution in [-0.4, -0.2) is 11.7 Å². The van der Waals surface area contributed by atoms with Crippen molar-refractivity contribution in [3.05, 3.63) is 23.7 Å². The number of rotatable bonds is 5. The van der Waals surface area contributed by atoms with Gasteiger partial charge in [-0.1, -0.05) is 6.92 Å². The highest BCUT2D eigenvalue weighted by Crippen LogP contribution is 2.10. The fourth-order valence-corrected chi connectivity index (χ4v) is 1.16. The summed E-state index contributed by atoms with van der Waals surface area (Å²) in [4.78, 5) is 0. The molecule has 0 saturated heterocycles. The van der Waals surface area contributed by atoms with Crippen LogP contribution in [0.4, 0.5) is 0 Å². The quantitative estimate of drug-likeness (QED) is 0.683. The van der Waals surface area contributed by atoms with Gasteiger partial charge in [-0.25, -0.2) is 0 Å². The molecule has 0 fully saturated rings. The Kier molecular flexibility index (Phi) is 3.88. The highest BCUT2D eigenvalue weighted by atomic mass is 16.3. The average molecular weight is 168 g/mol. The second-order valence-corrected chi connectivity index (χ2v) is 2.90. The Labute approximate surface area is 73.2 Å². The molecule has 1 N–H and O–H groups in total. The maximum Gasteiger partial charge on any atom is 0.104 e. The fourth-order valence-electron chi connectivity index (χ4n) is 1.16. The second kappa shape index (κ2) is 4.99. The van der Waals surface area contributed by atoms with Crippen LogP contribution in [0.3, 0.4) is 0 Å². The fraction of sp³-hybridized carbons (Fsp3) is 0.600. The monoisotopic (exact) mass is 168 g/mol. The standard InChI is InChI=1S/C10H16O2/c1-2-9-6-7-10(12-9)5-3-4-8-11/h6-7,11H,2-5,8H2,1H3. The maximum absolute atomic E-state index is 8.57. The van der Waals surface area contributed by atoms with E-state index in [2.05, 4.69) is 6.92 Å². The molecule has 12 heavy (non-hydrogen) atoms. The van der Waals surface area contributed by atoms with Crippen LogP contribution in [0.1, 0.15) is 31.3 Å². The molecule has 0 aliphatic heterocycles. The summed E-state index contributed by atoms with van der Waals surface area (Å²) in [7, 11) is 0. The summed E-state index contributed by atoms with van der Waals surface area (Å²) >= 11 is 0. The van der Waals surface area contributed by atoms with Crippen molar-refractivity contribution in [2.24, 2.45) is 0 Å². The van der Waals surface area contributed by atoms with Crippen molar-refractivity contribution in [2.45, 2.75) is 32.6 Å². The third-order valence-corrected chi connectivity index (χ3v) is 1.90. The molecule has 1 aromatic rings. The number of hydrogen-bond acceptors (Lipinski definition) is 2. The van der Waals surface area contributed by atoms with Crippen molar-refractivity contribution >= 4 is 0 Å². The zero-order valence-corrected chi connectivity index (χ0v) is 7.55. The summed E-state index contributed by atoms with van der Waals surface area (Å²) in [6, 6.07) is 4.05. The zero-order chi connectivity index (χ0) is 8.81. The van der Waals surface area contributed by atoms with Gasteiger partial charge in [-0.3, -0.25) is 0 Å². The third-order valence-electron chi connectivity index (χ3n) is 1.90. The molecule has 0 amide bonds. The van der Waals surface area contributed by atoms with Gasteiger partial charge >= 0.3 is 0 Å². The number of aliphatic hydroxyl groups excluding tert-OH is 1. The van der Waals surface area contributed by atoms with Crippen molar-refractivity contribution in [3.63, 3.8) is 0 Å². The van der Waals surface area contributed by atoms with Gasteiger partial charge < -0.3 is 9.52 Å². The van der Waals surface area contributed by atoms with E-state index in [1.807, 2.05) is 12.1 Å². The summed E-state index contributed by atoms with van der Waals surface area (Å²) in [5.74, 6) is 2.09. The van der Waals surface area contributed by atoms with Crippen molar-refractivity contribution < 1.29 is 9.52 Å². The summed E-state index contributed by atoms with van der Waals surface area (Å²) in [6.07, 6.45) is 3.77. The number of aryl methyl sites for hydroxylation is 2. The lowest BCUT2D eigenvalue weighted by molar-refractivity contribution is 0.283. The lowest BCUT2D eigenvalue weighted by Gasteiger charge is -1.94. The van der Waals surface area contributed by atoms with Gasteiger partial charge in [-0.05, 0) is 25.0 Å². The van der Waals surface area contributed by atoms with Crippen LogP contribution in [0.5, 0.6) is 0 Å². The molecule has 0 unspecified atom stereocenters. The summed E-state index contributed by atoms with van der Waals surface area (Å²) in [6.45, 7) is 2.36. The Bertz CT molecular complexity index is 215. The minimum absolute atomic E-state index is 0.279. The topological polar surface area (TPSA) is 33.4 Å². The smallest absolute Gasteiger partial charge is 0.104 e. The highest BCUT2D eigenvalue weighted by molar-refractivity contribution is 5.06. The van der Waals surface area contributed by atoms with E-state index in [1.165, 1.54) is 0 Å². The van der Waals surface area contributed by atoms with Crippen molar-refractivity contribution in [3.8, 4) is 0 Å². The summed E-state index contributed by atoms with van der Waals surface area (Å²) < 4.78 is 5.50. The first-order valence-corrected chi connectivity index (χ1v) is 4.55. The lowest BCUT2D eigenvalue weighted by atomic mass is 10.2. The van der Waals surface area contributed by atoms with Gasteiger partial charge in [-0.2, -0.15) is 0 Å². The van der Waals surface area contributed by atoms with Crippen molar-refractivity contribution in [1.82, 2.24) is 0 Å². The van der Waals surface area contributed by atoms with E-state index in [1.54, 1.807) is 0 Å². The molecule has 0 spiro atoms. The molecule has 0 aliphatic rings. The third kappa shape index (κ3) is 2.70. The van der Waals surface area contributed by atoms with Crippen LogP contribution in [0.15, 0.2) is 16.5 Å². The Morgan fingerprint density at radius 3 is 2.58 bits per heavy atom. The van der Waals surface area contributed by atoms with Crippen LogP contribution in [-0.2, 0) is 12.8 Å². The Morgan fingerprint density at radius 2 is 2.00 bits per heavy atom. The van der Waals surface area contributed by atoms with Crippen LogP contribution in [0, 0.1) is 0 Å². The maximum atomic E-state index is 8.57. The Morgan fingerprint density at radius 1 is 1.25 bits per heavy atom. The molecule has 68 valence electrons. The van der Waals surface area contributed by atoms with Crippen molar-refractivity contribution in [2.75, 3.05) is 6.61 Å². The molecule has 1 rings (SSSR count).